The molecule has 26 valence electrons. The summed E-state index contributed by atoms with van der Waals surface area (Å²) in [6.07, 6.45) is 0. The summed E-state index contributed by atoms with van der Waals surface area (Å²) >= 11 is 1.31. The first-order valence-electron chi connectivity index (χ1n) is 0.607. The standard InChI is InChI=1S/CH2O2.Ir/c2-1-3;/h1H,(H,2,3);/q;+1/p-1. The first-order valence-corrected chi connectivity index (χ1v) is 1.59. The van der Waals surface area contributed by atoms with Gasteiger partial charge < -0.3 is 0 Å². The summed E-state index contributed by atoms with van der Waals surface area (Å²) in [5, 5.41) is 0. The van der Waals surface area contributed by atoms with E-state index >= 15 is 0 Å². The SMILES string of the molecule is O=C[O][Ir]. The molecule has 3 heteroatoms. The van der Waals surface area contributed by atoms with E-state index in [0.29, 0.717) is 6.47 Å². The number of carbonyl (C=O) groups excluding carboxylic acids is 1. The molecule has 0 atom stereocenters. The normalized spacial score (nSPS) is 5.50. The van der Waals surface area contributed by atoms with Crippen LogP contribution in [0.5, 0.6) is 0 Å². The molecule has 0 aromatic carbocycles. The molecule has 0 saturated carbocycles. The Bertz CT molecular complexity index is 20.0. The van der Waals surface area contributed by atoms with Crippen LogP contribution in [0.3, 0.4) is 0 Å². The molecule has 0 aliphatic heterocycles. The van der Waals surface area contributed by atoms with Crippen LogP contribution in [0.4, 0.5) is 0 Å². The molecule has 0 heterocycles. The molecule has 0 radical (unpaired) electrons. The van der Waals surface area contributed by atoms with Crippen molar-refractivity contribution in [2.75, 3.05) is 0 Å². The molecule has 0 aromatic rings. The summed E-state index contributed by atoms with van der Waals surface area (Å²) in [7, 11) is 0. The average molecular weight is 237 g/mol. The van der Waals surface area contributed by atoms with Gasteiger partial charge >= 0.3 is 34.0 Å². The zero-order valence-electron chi connectivity index (χ0n) is 1.73. The maximum absolute atomic E-state index is 8.95. The van der Waals surface area contributed by atoms with Crippen molar-refractivity contribution in [2.24, 2.45) is 0 Å². The third-order valence-corrected chi connectivity index (χ3v) is 0.263. The molecule has 0 rings (SSSR count). The van der Waals surface area contributed by atoms with Crippen LogP contribution in [0, 0.1) is 0 Å². The van der Waals surface area contributed by atoms with Gasteiger partial charge in [-0.1, -0.05) is 0 Å². The van der Waals surface area contributed by atoms with Gasteiger partial charge in [0.25, 0.3) is 0 Å². The Labute approximate surface area is 34.7 Å². The summed E-state index contributed by atoms with van der Waals surface area (Å²) in [5.74, 6) is 0. The van der Waals surface area contributed by atoms with Crippen LogP contribution in [-0.4, -0.2) is 6.47 Å². The molecule has 0 saturated heterocycles. The molecule has 4 heavy (non-hydrogen) atoms. The van der Waals surface area contributed by atoms with Crippen molar-refractivity contribution in [2.45, 2.75) is 0 Å². The van der Waals surface area contributed by atoms with Crippen LogP contribution in [0.25, 0.3) is 0 Å². The van der Waals surface area contributed by atoms with Gasteiger partial charge in [0.05, 0.1) is 0 Å². The van der Waals surface area contributed by atoms with Crippen LogP contribution in [0.15, 0.2) is 0 Å². The maximum atomic E-state index is 8.95. The van der Waals surface area contributed by atoms with Crippen molar-refractivity contribution in [1.29, 1.82) is 0 Å². The first kappa shape index (κ1) is 4.12. The Kier molecular flexibility index (Phi) is 3.21. The van der Waals surface area contributed by atoms with E-state index in [9.17, 15) is 0 Å². The van der Waals surface area contributed by atoms with Crippen molar-refractivity contribution >= 4 is 6.47 Å². The van der Waals surface area contributed by atoms with E-state index in [1.54, 1.807) is 0 Å². The monoisotopic (exact) mass is 238 g/mol. The summed E-state index contributed by atoms with van der Waals surface area (Å²) in [5.41, 5.74) is 0. The summed E-state index contributed by atoms with van der Waals surface area (Å²) < 4.78 is 3.86. The Morgan fingerprint density at radius 2 is 2.25 bits per heavy atom. The molecule has 0 aliphatic rings. The van der Waals surface area contributed by atoms with Gasteiger partial charge in [-0.05, 0) is 0 Å². The van der Waals surface area contributed by atoms with E-state index in [4.69, 9.17) is 4.79 Å². The van der Waals surface area contributed by atoms with Crippen LogP contribution in [-0.2, 0) is 27.6 Å². The van der Waals surface area contributed by atoms with Crippen LogP contribution >= 0.6 is 0 Å². The quantitative estimate of drug-likeness (QED) is 0.581. The van der Waals surface area contributed by atoms with Crippen LogP contribution in [0.2, 0.25) is 0 Å². The van der Waals surface area contributed by atoms with Crippen molar-refractivity contribution in [1.82, 2.24) is 0 Å². The topological polar surface area (TPSA) is 26.3 Å². The van der Waals surface area contributed by atoms with Gasteiger partial charge in [-0.15, -0.1) is 0 Å². The second-order valence-corrected chi connectivity index (χ2v) is 0.739. The Balaban J connectivity index is 2.30. The molecular weight excluding hydrogens is 236 g/mol. The first-order chi connectivity index (χ1) is 1.91. The Hall–Kier alpha value is 0.119. The Morgan fingerprint density at radius 3 is 2.25 bits per heavy atom. The van der Waals surface area contributed by atoms with Crippen molar-refractivity contribution in [3.05, 3.63) is 0 Å². The molecule has 2 nitrogen and oxygen atoms in total. The number of rotatable bonds is 1. The fourth-order valence-corrected chi connectivity index (χ4v) is 0. The molecule has 0 amide bonds. The number of hydrogen-bond acceptors (Lipinski definition) is 2. The predicted octanol–water partition coefficient (Wildman–Crippen LogP) is -0.379. The van der Waals surface area contributed by atoms with Gasteiger partial charge in [0.1, 0.15) is 0 Å². The second-order valence-electron chi connectivity index (χ2n) is 0.175. The molecular formula is CHIrO2. The number of carbonyl (C=O) groups is 1. The summed E-state index contributed by atoms with van der Waals surface area (Å²) in [6, 6.07) is 0. The van der Waals surface area contributed by atoms with Gasteiger partial charge in [0.2, 0.25) is 0 Å². The molecule has 0 fully saturated rings. The van der Waals surface area contributed by atoms with E-state index in [1.807, 2.05) is 0 Å². The fraction of sp³-hybridized carbons (Fsp3) is 0. The van der Waals surface area contributed by atoms with Gasteiger partial charge in [0, 0.05) is 0 Å². The van der Waals surface area contributed by atoms with Crippen molar-refractivity contribution in [3.8, 4) is 0 Å². The van der Waals surface area contributed by atoms with Gasteiger partial charge in [-0.25, -0.2) is 0 Å². The van der Waals surface area contributed by atoms with E-state index in [1.165, 1.54) is 19.3 Å². The zero-order chi connectivity index (χ0) is 3.41. The fourth-order valence-electron chi connectivity index (χ4n) is 0. The van der Waals surface area contributed by atoms with Gasteiger partial charge in [-0.2, -0.15) is 0 Å². The summed E-state index contributed by atoms with van der Waals surface area (Å²) in [4.78, 5) is 8.95. The van der Waals surface area contributed by atoms with E-state index in [0.717, 1.165) is 0 Å². The average Bonchev–Trinajstić information content (AvgIpc) is 1.37. The second kappa shape index (κ2) is 3.12. The van der Waals surface area contributed by atoms with Crippen LogP contribution in [0.1, 0.15) is 0 Å². The van der Waals surface area contributed by atoms with Gasteiger partial charge in [-0.3, -0.25) is 0 Å². The molecule has 0 N–H and O–H groups in total. The minimum absolute atomic E-state index is 0.375. The molecule has 0 unspecified atom stereocenters. The van der Waals surface area contributed by atoms with E-state index in [2.05, 4.69) is 3.50 Å². The number of hydrogen-bond donors (Lipinski definition) is 0. The molecule has 0 spiro atoms. The zero-order valence-corrected chi connectivity index (χ0v) is 4.12. The van der Waals surface area contributed by atoms with E-state index in [-0.39, 0.29) is 0 Å². The van der Waals surface area contributed by atoms with E-state index < -0.39 is 0 Å². The third-order valence-electron chi connectivity index (χ3n) is 0.0321. The summed E-state index contributed by atoms with van der Waals surface area (Å²) in [6.45, 7) is 0.375. The predicted molar refractivity (Wildman–Crippen MR) is 7.15 cm³/mol. The van der Waals surface area contributed by atoms with Crippen molar-refractivity contribution < 1.29 is 27.6 Å². The molecule has 0 aliphatic carbocycles. The van der Waals surface area contributed by atoms with Crippen LogP contribution < -0.4 is 0 Å². The minimum atomic E-state index is 0.375. The van der Waals surface area contributed by atoms with Crippen molar-refractivity contribution in [3.63, 3.8) is 0 Å². The molecule has 0 aromatic heterocycles. The Morgan fingerprint density at radius 1 is 2.00 bits per heavy atom. The third kappa shape index (κ3) is 2.12. The molecule has 0 bridgehead atoms. The van der Waals surface area contributed by atoms with Gasteiger partial charge in [0.15, 0.2) is 0 Å².